The number of piperazine rings is 1. The lowest BCUT2D eigenvalue weighted by atomic mass is 9.93. The predicted octanol–water partition coefficient (Wildman–Crippen LogP) is 0.789. The smallest absolute Gasteiger partial charge is 0.298 e. The molecule has 0 spiro atoms. The van der Waals surface area contributed by atoms with Gasteiger partial charge in [-0.15, -0.1) is 0 Å². The van der Waals surface area contributed by atoms with E-state index in [1.54, 1.807) is 0 Å². The van der Waals surface area contributed by atoms with Crippen molar-refractivity contribution in [3.63, 3.8) is 0 Å². The number of fused-ring (bicyclic) bond motifs is 1. The number of aromatic nitrogens is 1. The molecule has 3 heterocycles. The van der Waals surface area contributed by atoms with Gasteiger partial charge in [-0.25, -0.2) is 0 Å². The van der Waals surface area contributed by atoms with E-state index in [1.807, 2.05) is 36.2 Å². The van der Waals surface area contributed by atoms with Crippen LogP contribution in [0.5, 0.6) is 0 Å². The second kappa shape index (κ2) is 6.65. The molecule has 4 rings (SSSR count). The number of likely N-dealkylation sites (tertiary alicyclic amines) is 1. The third-order valence-electron chi connectivity index (χ3n) is 5.24. The van der Waals surface area contributed by atoms with Crippen LogP contribution in [0.25, 0.3) is 11.1 Å². The van der Waals surface area contributed by atoms with Gasteiger partial charge in [0.25, 0.3) is 6.01 Å². The molecule has 1 N–H and O–H groups in total. The van der Waals surface area contributed by atoms with Gasteiger partial charge in [0.05, 0.1) is 12.0 Å². The Morgan fingerprint density at radius 2 is 1.96 bits per heavy atom. The minimum atomic E-state index is -0.529. The number of hydrogen-bond donors (Lipinski definition) is 1. The van der Waals surface area contributed by atoms with Gasteiger partial charge >= 0.3 is 0 Å². The fraction of sp³-hybridized carbons (Fsp3) is 0.556. The summed E-state index contributed by atoms with van der Waals surface area (Å²) >= 11 is 0. The number of aliphatic hydroxyl groups is 1. The summed E-state index contributed by atoms with van der Waals surface area (Å²) in [4.78, 5) is 23.4. The molecule has 2 aliphatic heterocycles. The monoisotopic (exact) mass is 344 g/mol. The van der Waals surface area contributed by atoms with Gasteiger partial charge in [0.15, 0.2) is 5.58 Å². The van der Waals surface area contributed by atoms with Crippen molar-refractivity contribution in [3.8, 4) is 0 Å². The minimum absolute atomic E-state index is 0.0660. The van der Waals surface area contributed by atoms with Gasteiger partial charge in [0.2, 0.25) is 5.91 Å². The predicted molar refractivity (Wildman–Crippen MR) is 94.4 cm³/mol. The molecule has 0 unspecified atom stereocenters. The van der Waals surface area contributed by atoms with Gasteiger partial charge in [-0.3, -0.25) is 4.79 Å². The fourth-order valence-corrected chi connectivity index (χ4v) is 3.69. The molecule has 1 amide bonds. The van der Waals surface area contributed by atoms with Crippen LogP contribution in [-0.4, -0.2) is 78.2 Å². The zero-order chi connectivity index (χ0) is 17.4. The number of carbonyl (C=O) groups excluding carboxylic acids is 1. The zero-order valence-electron chi connectivity index (χ0n) is 14.5. The number of rotatable bonds is 2. The lowest BCUT2D eigenvalue weighted by Gasteiger charge is -2.39. The Balaban J connectivity index is 1.40. The summed E-state index contributed by atoms with van der Waals surface area (Å²) in [6, 6.07) is 8.33. The number of anilines is 1. The molecule has 7 nitrogen and oxygen atoms in total. The number of piperidine rings is 1. The highest BCUT2D eigenvalue weighted by molar-refractivity contribution is 5.80. The third kappa shape index (κ3) is 3.21. The van der Waals surface area contributed by atoms with Crippen LogP contribution in [0, 0.1) is 5.92 Å². The largest absolute Gasteiger partial charge is 0.423 e. The molecule has 2 fully saturated rings. The maximum atomic E-state index is 12.8. The summed E-state index contributed by atoms with van der Waals surface area (Å²) in [6.45, 7) is 4.12. The Bertz CT molecular complexity index is 721. The average Bonchev–Trinajstić information content (AvgIpc) is 3.07. The zero-order valence-corrected chi connectivity index (χ0v) is 14.5. The van der Waals surface area contributed by atoms with Crippen molar-refractivity contribution in [1.29, 1.82) is 0 Å². The first-order valence-electron chi connectivity index (χ1n) is 8.88. The first kappa shape index (κ1) is 16.4. The van der Waals surface area contributed by atoms with E-state index in [1.165, 1.54) is 0 Å². The van der Waals surface area contributed by atoms with Crippen molar-refractivity contribution in [2.75, 3.05) is 51.2 Å². The van der Waals surface area contributed by atoms with Gasteiger partial charge < -0.3 is 24.2 Å². The van der Waals surface area contributed by atoms with Crippen LogP contribution in [0.15, 0.2) is 28.7 Å². The number of hydrogen-bond acceptors (Lipinski definition) is 6. The number of amides is 1. The molecule has 0 saturated carbocycles. The Morgan fingerprint density at radius 1 is 1.20 bits per heavy atom. The second-order valence-corrected chi connectivity index (χ2v) is 7.00. The minimum Gasteiger partial charge on any atom is -0.423 e. The highest BCUT2D eigenvalue weighted by Gasteiger charge is 2.36. The van der Waals surface area contributed by atoms with Crippen molar-refractivity contribution >= 4 is 23.0 Å². The Labute approximate surface area is 146 Å². The number of aliphatic hydroxyl groups excluding tert-OH is 1. The van der Waals surface area contributed by atoms with Gasteiger partial charge in [-0.2, -0.15) is 4.98 Å². The first-order chi connectivity index (χ1) is 12.1. The molecular weight excluding hydrogens is 320 g/mol. The highest BCUT2D eigenvalue weighted by atomic mass is 16.4. The van der Waals surface area contributed by atoms with Crippen LogP contribution in [0.3, 0.4) is 0 Å². The number of nitrogens with zero attached hydrogens (tertiary/aromatic N) is 4. The number of carbonyl (C=O) groups is 1. The fourth-order valence-electron chi connectivity index (χ4n) is 3.69. The molecule has 1 aromatic heterocycles. The molecule has 2 aromatic rings. The van der Waals surface area contributed by atoms with Crippen molar-refractivity contribution in [1.82, 2.24) is 14.8 Å². The van der Waals surface area contributed by atoms with Crippen LogP contribution < -0.4 is 4.90 Å². The van der Waals surface area contributed by atoms with Crippen LogP contribution in [0.2, 0.25) is 0 Å². The molecule has 134 valence electrons. The van der Waals surface area contributed by atoms with Crippen molar-refractivity contribution in [2.24, 2.45) is 5.92 Å². The first-order valence-corrected chi connectivity index (χ1v) is 8.88. The summed E-state index contributed by atoms with van der Waals surface area (Å²) in [6.07, 6.45) is 0.134. The van der Waals surface area contributed by atoms with Gasteiger partial charge in [0.1, 0.15) is 5.52 Å². The Kier molecular flexibility index (Phi) is 4.35. The quantitative estimate of drug-likeness (QED) is 0.868. The molecule has 2 aliphatic rings. The lowest BCUT2D eigenvalue weighted by molar-refractivity contribution is -0.142. The van der Waals surface area contributed by atoms with E-state index in [9.17, 15) is 9.90 Å². The van der Waals surface area contributed by atoms with E-state index in [0.717, 1.165) is 17.6 Å². The third-order valence-corrected chi connectivity index (χ3v) is 5.24. The van der Waals surface area contributed by atoms with Crippen molar-refractivity contribution in [2.45, 2.75) is 12.5 Å². The van der Waals surface area contributed by atoms with Gasteiger partial charge in [-0.1, -0.05) is 12.1 Å². The molecule has 0 bridgehead atoms. The van der Waals surface area contributed by atoms with E-state index in [4.69, 9.17) is 4.42 Å². The summed E-state index contributed by atoms with van der Waals surface area (Å²) < 4.78 is 5.82. The van der Waals surface area contributed by atoms with E-state index in [-0.39, 0.29) is 11.8 Å². The second-order valence-electron chi connectivity index (χ2n) is 7.00. The number of benzene rings is 1. The van der Waals surface area contributed by atoms with Gasteiger partial charge in [0, 0.05) is 39.3 Å². The molecule has 0 aliphatic carbocycles. The van der Waals surface area contributed by atoms with Crippen LogP contribution in [0.4, 0.5) is 6.01 Å². The van der Waals surface area contributed by atoms with E-state index in [2.05, 4.69) is 14.8 Å². The molecule has 2 saturated heterocycles. The highest BCUT2D eigenvalue weighted by Crippen LogP contribution is 2.24. The number of oxazole rings is 1. The van der Waals surface area contributed by atoms with Crippen LogP contribution >= 0.6 is 0 Å². The molecule has 7 heteroatoms. The van der Waals surface area contributed by atoms with Crippen LogP contribution in [-0.2, 0) is 4.79 Å². The van der Waals surface area contributed by atoms with Crippen molar-refractivity contribution < 1.29 is 14.3 Å². The van der Waals surface area contributed by atoms with E-state index < -0.39 is 6.10 Å². The molecular formula is C18H24N4O3. The lowest BCUT2D eigenvalue weighted by Crippen LogP contribution is -2.55. The average molecular weight is 344 g/mol. The topological polar surface area (TPSA) is 73.1 Å². The normalized spacial score (nSPS) is 25.5. The summed E-state index contributed by atoms with van der Waals surface area (Å²) in [5.74, 6) is -0.245. The number of para-hydroxylation sites is 2. The van der Waals surface area contributed by atoms with E-state index in [0.29, 0.717) is 45.2 Å². The Hall–Kier alpha value is -2.12. The molecule has 0 radical (unpaired) electrons. The van der Waals surface area contributed by atoms with Gasteiger partial charge in [-0.05, 0) is 25.6 Å². The maximum Gasteiger partial charge on any atom is 0.298 e. The summed E-state index contributed by atoms with van der Waals surface area (Å²) in [5, 5.41) is 10.2. The van der Waals surface area contributed by atoms with E-state index >= 15 is 0 Å². The molecule has 1 aromatic carbocycles. The molecule has 2 atom stereocenters. The van der Waals surface area contributed by atoms with Crippen molar-refractivity contribution in [3.05, 3.63) is 24.3 Å². The Morgan fingerprint density at radius 3 is 2.72 bits per heavy atom. The summed E-state index contributed by atoms with van der Waals surface area (Å²) in [5.41, 5.74) is 1.63. The standard InChI is InChI=1S/C18H24N4O3/c1-20-7-6-15(23)13(12-20)17(24)21-8-10-22(11-9-21)18-19-14-4-2-3-5-16(14)25-18/h2-5,13,15,23H,6-12H2,1H3/t13-,15-/m1/s1. The van der Waals surface area contributed by atoms with Crippen LogP contribution in [0.1, 0.15) is 6.42 Å². The molecule has 25 heavy (non-hydrogen) atoms. The SMILES string of the molecule is CN1CC[C@@H](O)[C@H](C(=O)N2CCN(c3nc4ccccc4o3)CC2)C1. The maximum absolute atomic E-state index is 12.8. The summed E-state index contributed by atoms with van der Waals surface area (Å²) in [7, 11) is 2.00.